The first-order valence-electron chi connectivity index (χ1n) is 7.58. The fourth-order valence-electron chi connectivity index (χ4n) is 2.76. The van der Waals surface area contributed by atoms with Crippen molar-refractivity contribution in [1.82, 2.24) is 5.32 Å². The number of aliphatic hydroxyl groups is 1. The molecule has 5 heteroatoms. The van der Waals surface area contributed by atoms with E-state index in [4.69, 9.17) is 16.3 Å². The summed E-state index contributed by atoms with van der Waals surface area (Å²) in [5.41, 5.74) is 2.26. The molecule has 21 heavy (non-hydrogen) atoms. The van der Waals surface area contributed by atoms with Gasteiger partial charge in [0.05, 0.1) is 17.3 Å². The van der Waals surface area contributed by atoms with Crippen LogP contribution >= 0.6 is 11.6 Å². The van der Waals surface area contributed by atoms with Crippen molar-refractivity contribution in [2.45, 2.75) is 19.4 Å². The first kappa shape index (κ1) is 16.6. The number of nitrogens with zero attached hydrogens (tertiary/aromatic N) is 1. The third-order valence-corrected chi connectivity index (χ3v) is 4.24. The molecule has 1 saturated heterocycles. The maximum atomic E-state index is 9.33. The Kier molecular flexibility index (Phi) is 6.77. The van der Waals surface area contributed by atoms with E-state index in [1.54, 1.807) is 7.11 Å². The molecule has 1 unspecified atom stereocenters. The van der Waals surface area contributed by atoms with Crippen molar-refractivity contribution in [2.75, 3.05) is 44.9 Å². The van der Waals surface area contributed by atoms with Gasteiger partial charge in [-0.25, -0.2) is 0 Å². The fourth-order valence-corrected chi connectivity index (χ4v) is 3.08. The molecule has 1 atom stereocenters. The van der Waals surface area contributed by atoms with E-state index in [1.807, 2.05) is 6.07 Å². The first-order valence-corrected chi connectivity index (χ1v) is 7.96. The summed E-state index contributed by atoms with van der Waals surface area (Å²) in [5.74, 6) is 0.366. The maximum Gasteiger partial charge on any atom is 0.0642 e. The predicted octanol–water partition coefficient (Wildman–Crippen LogP) is 2.28. The average molecular weight is 313 g/mol. The van der Waals surface area contributed by atoms with Gasteiger partial charge in [-0.15, -0.1) is 0 Å². The normalized spacial score (nSPS) is 19.0. The van der Waals surface area contributed by atoms with Crippen LogP contribution in [-0.4, -0.2) is 45.1 Å². The van der Waals surface area contributed by atoms with Gasteiger partial charge >= 0.3 is 0 Å². The van der Waals surface area contributed by atoms with Gasteiger partial charge in [-0.1, -0.05) is 17.7 Å². The van der Waals surface area contributed by atoms with Crippen LogP contribution in [0.3, 0.4) is 0 Å². The summed E-state index contributed by atoms with van der Waals surface area (Å²) in [6, 6.07) is 6.23. The minimum atomic E-state index is 0.260. The summed E-state index contributed by atoms with van der Waals surface area (Å²) in [5, 5.41) is 13.4. The summed E-state index contributed by atoms with van der Waals surface area (Å²) >= 11 is 6.44. The molecule has 0 spiro atoms. The van der Waals surface area contributed by atoms with Gasteiger partial charge < -0.3 is 20.1 Å². The molecule has 1 aliphatic rings. The summed E-state index contributed by atoms with van der Waals surface area (Å²) in [7, 11) is 1.70. The standard InChI is InChI=1S/C16H25ClN2O2/c1-21-8-6-18-10-13-4-5-16(15(17)9-13)19-7-2-3-14(11-19)12-20/h4-5,9,14,18,20H,2-3,6-8,10-12H2,1H3. The van der Waals surface area contributed by atoms with Crippen LogP contribution in [0.5, 0.6) is 0 Å². The third kappa shape index (κ3) is 4.85. The molecular weight excluding hydrogens is 288 g/mol. The van der Waals surface area contributed by atoms with Gasteiger partial charge in [0.2, 0.25) is 0 Å². The van der Waals surface area contributed by atoms with Crippen molar-refractivity contribution in [3.05, 3.63) is 28.8 Å². The molecule has 1 fully saturated rings. The van der Waals surface area contributed by atoms with Crippen LogP contribution < -0.4 is 10.2 Å². The van der Waals surface area contributed by atoms with E-state index < -0.39 is 0 Å². The Hall–Kier alpha value is -0.810. The molecule has 0 bridgehead atoms. The zero-order valence-electron chi connectivity index (χ0n) is 12.6. The Morgan fingerprint density at radius 3 is 3.05 bits per heavy atom. The monoisotopic (exact) mass is 312 g/mol. The molecule has 2 N–H and O–H groups in total. The maximum absolute atomic E-state index is 9.33. The van der Waals surface area contributed by atoms with Crippen LogP contribution in [0.2, 0.25) is 5.02 Å². The second-order valence-corrected chi connectivity index (χ2v) is 6.00. The molecule has 1 heterocycles. The number of aliphatic hydroxyl groups excluding tert-OH is 1. The number of ether oxygens (including phenoxy) is 1. The molecule has 2 rings (SSSR count). The highest BCUT2D eigenvalue weighted by atomic mass is 35.5. The van der Waals surface area contributed by atoms with Crippen LogP contribution in [-0.2, 0) is 11.3 Å². The molecule has 0 amide bonds. The lowest BCUT2D eigenvalue weighted by Crippen LogP contribution is -2.36. The second kappa shape index (κ2) is 8.59. The topological polar surface area (TPSA) is 44.7 Å². The van der Waals surface area contributed by atoms with Crippen molar-refractivity contribution < 1.29 is 9.84 Å². The van der Waals surface area contributed by atoms with Gasteiger partial charge in [0, 0.05) is 39.9 Å². The Bertz CT molecular complexity index is 442. The van der Waals surface area contributed by atoms with Crippen molar-refractivity contribution in [2.24, 2.45) is 5.92 Å². The highest BCUT2D eigenvalue weighted by Gasteiger charge is 2.20. The van der Waals surface area contributed by atoms with Gasteiger partial charge in [0.1, 0.15) is 0 Å². The Morgan fingerprint density at radius 1 is 1.48 bits per heavy atom. The lowest BCUT2D eigenvalue weighted by Gasteiger charge is -2.34. The van der Waals surface area contributed by atoms with E-state index in [-0.39, 0.29) is 6.61 Å². The SMILES string of the molecule is COCCNCc1ccc(N2CCCC(CO)C2)c(Cl)c1. The largest absolute Gasteiger partial charge is 0.396 e. The predicted molar refractivity (Wildman–Crippen MR) is 87.1 cm³/mol. The van der Waals surface area contributed by atoms with Gasteiger partial charge in [0.25, 0.3) is 0 Å². The minimum absolute atomic E-state index is 0.260. The molecule has 0 aromatic heterocycles. The smallest absolute Gasteiger partial charge is 0.0642 e. The highest BCUT2D eigenvalue weighted by molar-refractivity contribution is 6.33. The molecule has 4 nitrogen and oxygen atoms in total. The lowest BCUT2D eigenvalue weighted by molar-refractivity contribution is 0.199. The number of rotatable bonds is 7. The number of hydrogen-bond donors (Lipinski definition) is 2. The van der Waals surface area contributed by atoms with Crippen molar-refractivity contribution >= 4 is 17.3 Å². The minimum Gasteiger partial charge on any atom is -0.396 e. The van der Waals surface area contributed by atoms with Crippen molar-refractivity contribution in [1.29, 1.82) is 0 Å². The molecule has 1 aromatic rings. The van der Waals surface area contributed by atoms with Crippen LogP contribution in [0.1, 0.15) is 18.4 Å². The van der Waals surface area contributed by atoms with Gasteiger partial charge in [-0.2, -0.15) is 0 Å². The van der Waals surface area contributed by atoms with Crippen LogP contribution in [0, 0.1) is 5.92 Å². The molecule has 0 radical (unpaired) electrons. The number of nitrogens with one attached hydrogen (secondary N) is 1. The molecule has 0 saturated carbocycles. The summed E-state index contributed by atoms with van der Waals surface area (Å²) in [6.45, 7) is 4.50. The number of anilines is 1. The fraction of sp³-hybridized carbons (Fsp3) is 0.625. The number of hydrogen-bond acceptors (Lipinski definition) is 4. The summed E-state index contributed by atoms with van der Waals surface area (Å²) in [6.07, 6.45) is 2.22. The lowest BCUT2D eigenvalue weighted by atomic mass is 9.98. The Morgan fingerprint density at radius 2 is 2.33 bits per heavy atom. The van der Waals surface area contributed by atoms with Gasteiger partial charge in [-0.05, 0) is 36.5 Å². The van der Waals surface area contributed by atoms with Gasteiger partial charge in [0.15, 0.2) is 0 Å². The highest BCUT2D eigenvalue weighted by Crippen LogP contribution is 2.30. The van der Waals surface area contributed by atoms with E-state index in [9.17, 15) is 5.11 Å². The van der Waals surface area contributed by atoms with Crippen molar-refractivity contribution in [3.8, 4) is 0 Å². The van der Waals surface area contributed by atoms with Gasteiger partial charge in [-0.3, -0.25) is 0 Å². The number of piperidine rings is 1. The van der Waals surface area contributed by atoms with E-state index >= 15 is 0 Å². The summed E-state index contributed by atoms with van der Waals surface area (Å²) < 4.78 is 5.01. The van der Waals surface area contributed by atoms with E-state index in [0.717, 1.165) is 49.7 Å². The van der Waals surface area contributed by atoms with E-state index in [2.05, 4.69) is 22.3 Å². The van der Waals surface area contributed by atoms with Crippen molar-refractivity contribution in [3.63, 3.8) is 0 Å². The first-order chi connectivity index (χ1) is 10.2. The van der Waals surface area contributed by atoms with Crippen LogP contribution in [0.25, 0.3) is 0 Å². The Balaban J connectivity index is 1.95. The summed E-state index contributed by atoms with van der Waals surface area (Å²) in [4.78, 5) is 2.29. The van der Waals surface area contributed by atoms with Crippen LogP contribution in [0.15, 0.2) is 18.2 Å². The van der Waals surface area contributed by atoms with E-state index in [1.165, 1.54) is 5.56 Å². The molecular formula is C16H25ClN2O2. The molecule has 0 aliphatic carbocycles. The molecule has 118 valence electrons. The van der Waals surface area contributed by atoms with E-state index in [0.29, 0.717) is 12.5 Å². The Labute approximate surface area is 132 Å². The zero-order valence-corrected chi connectivity index (χ0v) is 13.4. The zero-order chi connectivity index (χ0) is 15.1. The number of halogens is 1. The second-order valence-electron chi connectivity index (χ2n) is 5.59. The molecule has 1 aromatic carbocycles. The number of benzene rings is 1. The third-order valence-electron chi connectivity index (χ3n) is 3.94. The average Bonchev–Trinajstić information content (AvgIpc) is 2.52. The quantitative estimate of drug-likeness (QED) is 0.758. The number of methoxy groups -OCH3 is 1. The molecule has 1 aliphatic heterocycles. The van der Waals surface area contributed by atoms with Crippen LogP contribution in [0.4, 0.5) is 5.69 Å².